The van der Waals surface area contributed by atoms with Crippen molar-refractivity contribution in [3.8, 4) is 0 Å². The number of rotatable bonds is 3. The molecule has 30 heavy (non-hydrogen) atoms. The SMILES string of the molecule is CC(C)N1CC2(CCN(C(=O)NC3=CC(F)C(F)C=C3)CC2)C1c1ccc(F)cc1. The van der Waals surface area contributed by atoms with Crippen molar-refractivity contribution < 1.29 is 18.0 Å². The van der Waals surface area contributed by atoms with Gasteiger partial charge in [0.25, 0.3) is 0 Å². The fourth-order valence-corrected chi connectivity index (χ4v) is 4.94. The zero-order valence-corrected chi connectivity index (χ0v) is 17.3. The molecule has 2 fully saturated rings. The standard InChI is InChI=1S/C23H28F3N3O/c1-15(2)29-14-23(21(29)16-3-5-17(24)6-4-16)9-11-28(12-10-23)22(30)27-18-7-8-19(25)20(26)13-18/h3-8,13,15,19-21H,9-12,14H2,1-2H3,(H,27,30). The minimum absolute atomic E-state index is 0.0639. The lowest BCUT2D eigenvalue weighted by Crippen LogP contribution is -2.64. The van der Waals surface area contributed by atoms with Crippen LogP contribution in [0.1, 0.15) is 38.3 Å². The highest BCUT2D eigenvalue weighted by Crippen LogP contribution is 2.55. The summed E-state index contributed by atoms with van der Waals surface area (Å²) in [5.74, 6) is -0.240. The molecule has 3 atom stereocenters. The molecule has 4 rings (SSSR count). The van der Waals surface area contributed by atoms with Gasteiger partial charge in [-0.1, -0.05) is 12.1 Å². The van der Waals surface area contributed by atoms with E-state index in [1.807, 2.05) is 12.1 Å². The first kappa shape index (κ1) is 21.0. The first-order valence-electron chi connectivity index (χ1n) is 10.5. The molecule has 3 aliphatic rings. The molecule has 1 aromatic carbocycles. The summed E-state index contributed by atoms with van der Waals surface area (Å²) < 4.78 is 40.1. The van der Waals surface area contributed by atoms with E-state index in [0.29, 0.717) is 24.8 Å². The highest BCUT2D eigenvalue weighted by Gasteiger charge is 2.54. The maximum Gasteiger partial charge on any atom is 0.321 e. The van der Waals surface area contributed by atoms with Crippen LogP contribution in [0.5, 0.6) is 0 Å². The normalized spacial score (nSPS) is 28.4. The number of piperidine rings is 1. The lowest BCUT2D eigenvalue weighted by molar-refractivity contribution is -0.123. The van der Waals surface area contributed by atoms with Crippen LogP contribution < -0.4 is 5.32 Å². The molecule has 3 unspecified atom stereocenters. The summed E-state index contributed by atoms with van der Waals surface area (Å²) in [4.78, 5) is 16.8. The zero-order chi connectivity index (χ0) is 21.5. The van der Waals surface area contributed by atoms with Crippen molar-refractivity contribution in [1.82, 2.24) is 15.1 Å². The van der Waals surface area contributed by atoms with Crippen molar-refractivity contribution in [3.63, 3.8) is 0 Å². The Balaban J connectivity index is 1.41. The Morgan fingerprint density at radius 2 is 1.80 bits per heavy atom. The van der Waals surface area contributed by atoms with Crippen LogP contribution in [0.25, 0.3) is 0 Å². The summed E-state index contributed by atoms with van der Waals surface area (Å²) in [6, 6.07) is 7.04. The van der Waals surface area contributed by atoms with E-state index in [4.69, 9.17) is 0 Å². The molecule has 0 aromatic heterocycles. The number of benzene rings is 1. The maximum absolute atomic E-state index is 13.5. The van der Waals surface area contributed by atoms with Gasteiger partial charge in [0.05, 0.1) is 0 Å². The molecule has 2 heterocycles. The van der Waals surface area contributed by atoms with Crippen LogP contribution >= 0.6 is 0 Å². The molecule has 7 heteroatoms. The summed E-state index contributed by atoms with van der Waals surface area (Å²) in [6.45, 7) is 6.47. The van der Waals surface area contributed by atoms with Crippen molar-refractivity contribution in [2.75, 3.05) is 19.6 Å². The third-order valence-corrected chi connectivity index (χ3v) is 6.66. The van der Waals surface area contributed by atoms with Gasteiger partial charge in [-0.05, 0) is 62.6 Å². The second-order valence-electron chi connectivity index (χ2n) is 8.87. The van der Waals surface area contributed by atoms with Crippen LogP contribution in [-0.4, -0.2) is 53.9 Å². The van der Waals surface area contributed by atoms with Gasteiger partial charge in [-0.25, -0.2) is 18.0 Å². The average Bonchev–Trinajstić information content (AvgIpc) is 2.71. The van der Waals surface area contributed by atoms with Gasteiger partial charge in [0, 0.05) is 42.8 Å². The predicted molar refractivity (Wildman–Crippen MR) is 110 cm³/mol. The molecule has 0 saturated carbocycles. The van der Waals surface area contributed by atoms with Gasteiger partial charge >= 0.3 is 6.03 Å². The van der Waals surface area contributed by atoms with Gasteiger partial charge in [0.15, 0.2) is 12.3 Å². The van der Waals surface area contributed by atoms with E-state index in [0.717, 1.165) is 37.1 Å². The maximum atomic E-state index is 13.5. The highest BCUT2D eigenvalue weighted by molar-refractivity contribution is 5.77. The summed E-state index contributed by atoms with van der Waals surface area (Å²) in [5.41, 5.74) is 1.47. The Morgan fingerprint density at radius 1 is 1.13 bits per heavy atom. The third-order valence-electron chi connectivity index (χ3n) is 6.66. The first-order valence-corrected chi connectivity index (χ1v) is 10.5. The fourth-order valence-electron chi connectivity index (χ4n) is 4.94. The Hall–Kier alpha value is -2.28. The molecule has 162 valence electrons. The van der Waals surface area contributed by atoms with Gasteiger partial charge in [-0.3, -0.25) is 4.90 Å². The zero-order valence-electron chi connectivity index (χ0n) is 17.3. The number of urea groups is 1. The van der Waals surface area contributed by atoms with E-state index in [1.165, 1.54) is 18.2 Å². The molecular formula is C23H28F3N3O. The molecule has 0 bridgehead atoms. The van der Waals surface area contributed by atoms with Crippen LogP contribution in [0, 0.1) is 11.2 Å². The molecule has 1 spiro atoms. The van der Waals surface area contributed by atoms with Gasteiger partial charge in [-0.2, -0.15) is 0 Å². The Labute approximate surface area is 175 Å². The third kappa shape index (κ3) is 3.87. The number of nitrogens with zero attached hydrogens (tertiary/aromatic N) is 2. The van der Waals surface area contributed by atoms with Gasteiger partial charge in [0.1, 0.15) is 5.82 Å². The Kier molecular flexibility index (Phi) is 5.66. The molecule has 1 aromatic rings. The molecular weight excluding hydrogens is 391 g/mol. The molecule has 2 amide bonds. The topological polar surface area (TPSA) is 35.6 Å². The van der Waals surface area contributed by atoms with Crippen molar-refractivity contribution in [1.29, 1.82) is 0 Å². The highest BCUT2D eigenvalue weighted by atomic mass is 19.2. The van der Waals surface area contributed by atoms with Crippen LogP contribution in [0.15, 0.2) is 48.2 Å². The van der Waals surface area contributed by atoms with Crippen molar-refractivity contribution in [2.24, 2.45) is 5.41 Å². The van der Waals surface area contributed by atoms with Crippen molar-refractivity contribution in [3.05, 3.63) is 59.6 Å². The number of allylic oxidation sites excluding steroid dienone is 3. The monoisotopic (exact) mass is 419 g/mol. The van der Waals surface area contributed by atoms with E-state index in [-0.39, 0.29) is 23.3 Å². The average molecular weight is 419 g/mol. The molecule has 1 aliphatic carbocycles. The number of nitrogens with one attached hydrogen (secondary N) is 1. The fraction of sp³-hybridized carbons (Fsp3) is 0.522. The van der Waals surface area contributed by atoms with Crippen LogP contribution in [0.4, 0.5) is 18.0 Å². The number of halogens is 3. The second kappa shape index (κ2) is 8.10. The minimum atomic E-state index is -1.73. The Morgan fingerprint density at radius 3 is 2.40 bits per heavy atom. The number of amides is 2. The molecule has 0 radical (unpaired) electrons. The number of alkyl halides is 2. The molecule has 1 N–H and O–H groups in total. The lowest BCUT2D eigenvalue weighted by Gasteiger charge is -2.62. The number of carbonyl (C=O) groups is 1. The summed E-state index contributed by atoms with van der Waals surface area (Å²) in [7, 11) is 0. The first-order chi connectivity index (χ1) is 14.3. The van der Waals surface area contributed by atoms with Gasteiger partial charge < -0.3 is 10.2 Å². The van der Waals surface area contributed by atoms with E-state index >= 15 is 0 Å². The quantitative estimate of drug-likeness (QED) is 0.782. The number of likely N-dealkylation sites (tertiary alicyclic amines) is 2. The predicted octanol–water partition coefficient (Wildman–Crippen LogP) is 4.51. The molecule has 2 aliphatic heterocycles. The minimum Gasteiger partial charge on any atom is -0.324 e. The number of carbonyl (C=O) groups excluding carboxylic acids is 1. The summed E-state index contributed by atoms with van der Waals surface area (Å²) in [6.07, 6.45) is 1.92. The van der Waals surface area contributed by atoms with Gasteiger partial charge in [-0.15, -0.1) is 0 Å². The smallest absolute Gasteiger partial charge is 0.321 e. The number of hydrogen-bond acceptors (Lipinski definition) is 2. The van der Waals surface area contributed by atoms with E-state index in [1.54, 1.807) is 4.90 Å². The van der Waals surface area contributed by atoms with Gasteiger partial charge in [0.2, 0.25) is 0 Å². The number of hydrogen-bond donors (Lipinski definition) is 1. The molecule has 2 saturated heterocycles. The van der Waals surface area contributed by atoms with Crippen LogP contribution in [0.3, 0.4) is 0 Å². The van der Waals surface area contributed by atoms with E-state index in [2.05, 4.69) is 24.1 Å². The van der Waals surface area contributed by atoms with E-state index < -0.39 is 12.3 Å². The summed E-state index contributed by atoms with van der Waals surface area (Å²) >= 11 is 0. The summed E-state index contributed by atoms with van der Waals surface area (Å²) in [5, 5.41) is 2.68. The van der Waals surface area contributed by atoms with Crippen LogP contribution in [0.2, 0.25) is 0 Å². The second-order valence-corrected chi connectivity index (χ2v) is 8.87. The van der Waals surface area contributed by atoms with Crippen LogP contribution in [-0.2, 0) is 0 Å². The van der Waals surface area contributed by atoms with Crippen molar-refractivity contribution >= 4 is 6.03 Å². The van der Waals surface area contributed by atoms with E-state index in [9.17, 15) is 18.0 Å². The Bertz CT molecular complexity index is 844. The van der Waals surface area contributed by atoms with Crippen molar-refractivity contribution in [2.45, 2.75) is 51.1 Å². The largest absolute Gasteiger partial charge is 0.324 e. The molecule has 4 nitrogen and oxygen atoms in total. The lowest BCUT2D eigenvalue weighted by atomic mass is 9.62.